The van der Waals surface area contributed by atoms with E-state index in [0.717, 1.165) is 35.6 Å². The molecule has 0 spiro atoms. The van der Waals surface area contributed by atoms with Gasteiger partial charge in [0, 0.05) is 5.02 Å². The molecule has 0 saturated carbocycles. The van der Waals surface area contributed by atoms with Crippen LogP contribution < -0.4 is 5.56 Å². The number of aromatic nitrogens is 2. The van der Waals surface area contributed by atoms with Gasteiger partial charge in [-0.1, -0.05) is 41.6 Å². The largest absolute Gasteiger partial charge is 0.326 e. The summed E-state index contributed by atoms with van der Waals surface area (Å²) in [6.07, 6.45) is 0. The highest BCUT2D eigenvalue weighted by Gasteiger charge is 2.18. The third-order valence-electron chi connectivity index (χ3n) is 5.20. The van der Waals surface area contributed by atoms with Crippen LogP contribution in [0.15, 0.2) is 58.5 Å². The Hall–Kier alpha value is -1.82. The molecule has 0 N–H and O–H groups in total. The van der Waals surface area contributed by atoms with Gasteiger partial charge in [0.25, 0.3) is 5.56 Å². The highest BCUT2D eigenvalue weighted by molar-refractivity contribution is 7.99. The van der Waals surface area contributed by atoms with Gasteiger partial charge in [-0.05, 0) is 44.2 Å². The molecular formula is C21H25ClN3OS+. The Labute approximate surface area is 169 Å². The summed E-state index contributed by atoms with van der Waals surface area (Å²) in [5, 5.41) is 1.87. The smallest absolute Gasteiger partial charge is 0.266 e. The van der Waals surface area contributed by atoms with Crippen molar-refractivity contribution < 1.29 is 4.48 Å². The molecule has 0 unspecified atom stereocenters. The van der Waals surface area contributed by atoms with Crippen LogP contribution >= 0.6 is 23.4 Å². The first kappa shape index (κ1) is 19.9. The molecule has 4 nitrogen and oxygen atoms in total. The minimum atomic E-state index is -0.0615. The molecule has 2 aromatic carbocycles. The summed E-state index contributed by atoms with van der Waals surface area (Å²) in [5.74, 6) is 0.892. The second-order valence-electron chi connectivity index (χ2n) is 6.86. The van der Waals surface area contributed by atoms with Crippen LogP contribution in [0.25, 0.3) is 16.6 Å². The number of para-hydroxylation sites is 1. The zero-order chi connectivity index (χ0) is 19.4. The first-order valence-electron chi connectivity index (χ1n) is 9.21. The normalized spacial score (nSPS) is 11.9. The number of hydrogen-bond acceptors (Lipinski definition) is 3. The van der Waals surface area contributed by atoms with Gasteiger partial charge in [0.1, 0.15) is 0 Å². The predicted molar refractivity (Wildman–Crippen MR) is 115 cm³/mol. The SMILES string of the molecule is CC[N+](C)(CC)CCSc1nc2cc(Cl)ccc2c(=O)n1-c1ccccc1. The minimum absolute atomic E-state index is 0.0615. The van der Waals surface area contributed by atoms with Crippen LogP contribution in [-0.2, 0) is 0 Å². The Morgan fingerprint density at radius 2 is 1.81 bits per heavy atom. The molecule has 3 aromatic rings. The highest BCUT2D eigenvalue weighted by atomic mass is 35.5. The van der Waals surface area contributed by atoms with Crippen molar-refractivity contribution in [2.45, 2.75) is 19.0 Å². The van der Waals surface area contributed by atoms with Gasteiger partial charge in [0.05, 0.1) is 49.0 Å². The third-order valence-corrected chi connectivity index (χ3v) is 6.36. The van der Waals surface area contributed by atoms with Crippen molar-refractivity contribution in [3.8, 4) is 5.69 Å². The maximum Gasteiger partial charge on any atom is 0.266 e. The van der Waals surface area contributed by atoms with Crippen molar-refractivity contribution in [2.24, 2.45) is 0 Å². The van der Waals surface area contributed by atoms with E-state index < -0.39 is 0 Å². The van der Waals surface area contributed by atoms with E-state index in [-0.39, 0.29) is 5.56 Å². The van der Waals surface area contributed by atoms with Gasteiger partial charge < -0.3 is 4.48 Å². The van der Waals surface area contributed by atoms with E-state index >= 15 is 0 Å². The number of hydrogen-bond donors (Lipinski definition) is 0. The predicted octanol–water partition coefficient (Wildman–Crippen LogP) is 4.62. The summed E-state index contributed by atoms with van der Waals surface area (Å²) >= 11 is 7.75. The first-order chi connectivity index (χ1) is 13.0. The number of rotatable bonds is 7. The van der Waals surface area contributed by atoms with Crippen LogP contribution in [0.2, 0.25) is 5.02 Å². The Kier molecular flexibility index (Phi) is 6.25. The number of fused-ring (bicyclic) bond motifs is 1. The molecule has 0 radical (unpaired) electrons. The maximum atomic E-state index is 13.2. The van der Waals surface area contributed by atoms with Crippen molar-refractivity contribution in [1.82, 2.24) is 9.55 Å². The van der Waals surface area contributed by atoms with Gasteiger partial charge in [-0.3, -0.25) is 9.36 Å². The summed E-state index contributed by atoms with van der Waals surface area (Å²) in [7, 11) is 2.26. The Bertz CT molecular complexity index is 984. The Balaban J connectivity index is 2.05. The standard InChI is InChI=1S/C21H25ClN3OS/c1-4-25(3,5-2)13-14-27-21-23-19-15-16(22)11-12-18(19)20(26)24(21)17-9-7-6-8-10-17/h6-12,15H,4-5,13-14H2,1-3H3/q+1. The molecule has 0 saturated heterocycles. The number of nitrogens with zero attached hydrogens (tertiary/aromatic N) is 3. The van der Waals surface area contributed by atoms with Crippen molar-refractivity contribution in [2.75, 3.05) is 32.4 Å². The summed E-state index contributed by atoms with van der Waals surface area (Å²) in [6, 6.07) is 14.9. The quantitative estimate of drug-likeness (QED) is 0.328. The zero-order valence-electron chi connectivity index (χ0n) is 16.0. The average Bonchev–Trinajstić information content (AvgIpc) is 2.68. The van der Waals surface area contributed by atoms with E-state index in [9.17, 15) is 4.79 Å². The Morgan fingerprint density at radius 3 is 2.48 bits per heavy atom. The van der Waals surface area contributed by atoms with Crippen molar-refractivity contribution >= 4 is 34.3 Å². The summed E-state index contributed by atoms with van der Waals surface area (Å²) in [6.45, 7) is 7.62. The summed E-state index contributed by atoms with van der Waals surface area (Å²) in [5.41, 5.74) is 1.41. The fourth-order valence-corrected chi connectivity index (χ4v) is 4.30. The third kappa shape index (κ3) is 4.37. The van der Waals surface area contributed by atoms with Crippen molar-refractivity contribution in [3.63, 3.8) is 0 Å². The molecule has 0 aliphatic rings. The van der Waals surface area contributed by atoms with E-state index in [1.54, 1.807) is 34.5 Å². The van der Waals surface area contributed by atoms with E-state index in [4.69, 9.17) is 16.6 Å². The molecule has 27 heavy (non-hydrogen) atoms. The molecular weight excluding hydrogens is 378 g/mol. The highest BCUT2D eigenvalue weighted by Crippen LogP contribution is 2.23. The number of thioether (sulfide) groups is 1. The minimum Gasteiger partial charge on any atom is -0.326 e. The van der Waals surface area contributed by atoms with Gasteiger partial charge in [0.2, 0.25) is 0 Å². The number of quaternary nitrogens is 1. The molecule has 6 heteroatoms. The lowest BCUT2D eigenvalue weighted by atomic mass is 10.2. The van der Waals surface area contributed by atoms with Crippen LogP contribution in [0, 0.1) is 0 Å². The van der Waals surface area contributed by atoms with Gasteiger partial charge in [-0.2, -0.15) is 0 Å². The van der Waals surface area contributed by atoms with E-state index in [1.165, 1.54) is 0 Å². The first-order valence-corrected chi connectivity index (χ1v) is 10.6. The second-order valence-corrected chi connectivity index (χ2v) is 8.35. The fourth-order valence-electron chi connectivity index (χ4n) is 2.94. The molecule has 1 heterocycles. The lowest BCUT2D eigenvalue weighted by Crippen LogP contribution is -2.45. The van der Waals surface area contributed by atoms with E-state index in [0.29, 0.717) is 21.1 Å². The number of benzene rings is 2. The van der Waals surface area contributed by atoms with E-state index in [2.05, 4.69) is 20.9 Å². The monoisotopic (exact) mass is 402 g/mol. The molecule has 142 valence electrons. The van der Waals surface area contributed by atoms with Crippen LogP contribution in [0.4, 0.5) is 0 Å². The lowest BCUT2D eigenvalue weighted by Gasteiger charge is -2.31. The fraction of sp³-hybridized carbons (Fsp3) is 0.333. The molecule has 1 aromatic heterocycles. The summed E-state index contributed by atoms with van der Waals surface area (Å²) < 4.78 is 2.71. The van der Waals surface area contributed by atoms with Gasteiger partial charge in [0.15, 0.2) is 5.16 Å². The van der Waals surface area contributed by atoms with Crippen molar-refractivity contribution in [3.05, 3.63) is 63.9 Å². The van der Waals surface area contributed by atoms with E-state index in [1.807, 2.05) is 30.3 Å². The summed E-state index contributed by atoms with van der Waals surface area (Å²) in [4.78, 5) is 18.0. The topological polar surface area (TPSA) is 34.9 Å². The van der Waals surface area contributed by atoms with Crippen LogP contribution in [0.3, 0.4) is 0 Å². The molecule has 0 bridgehead atoms. The molecule has 0 atom stereocenters. The Morgan fingerprint density at radius 1 is 1.11 bits per heavy atom. The van der Waals surface area contributed by atoms with Crippen LogP contribution in [0.1, 0.15) is 13.8 Å². The molecule has 3 rings (SSSR count). The second kappa shape index (κ2) is 8.46. The van der Waals surface area contributed by atoms with Gasteiger partial charge in [-0.15, -0.1) is 0 Å². The lowest BCUT2D eigenvalue weighted by molar-refractivity contribution is -0.903. The number of halogens is 1. The van der Waals surface area contributed by atoms with Gasteiger partial charge in [-0.25, -0.2) is 4.98 Å². The maximum absolute atomic E-state index is 13.2. The molecule has 0 amide bonds. The average molecular weight is 403 g/mol. The molecule has 0 aliphatic heterocycles. The molecule has 0 fully saturated rings. The zero-order valence-corrected chi connectivity index (χ0v) is 17.6. The van der Waals surface area contributed by atoms with Crippen molar-refractivity contribution in [1.29, 1.82) is 0 Å². The molecule has 0 aliphatic carbocycles. The van der Waals surface area contributed by atoms with Gasteiger partial charge >= 0.3 is 0 Å². The van der Waals surface area contributed by atoms with Crippen LogP contribution in [-0.4, -0.2) is 46.5 Å². The van der Waals surface area contributed by atoms with Crippen LogP contribution in [0.5, 0.6) is 0 Å².